The lowest BCUT2D eigenvalue weighted by Gasteiger charge is -2.18. The van der Waals surface area contributed by atoms with Crippen LogP contribution < -0.4 is 0 Å². The van der Waals surface area contributed by atoms with Crippen LogP contribution in [0.1, 0.15) is 258 Å². The van der Waals surface area contributed by atoms with E-state index in [9.17, 15) is 14.4 Å². The van der Waals surface area contributed by atoms with Gasteiger partial charge in [0.15, 0.2) is 6.10 Å². The van der Waals surface area contributed by atoms with Gasteiger partial charge in [-0.1, -0.05) is 211 Å². The van der Waals surface area contributed by atoms with Gasteiger partial charge in [0, 0.05) is 19.3 Å². The average molecular weight is 841 g/mol. The highest BCUT2D eigenvalue weighted by atomic mass is 16.6. The summed E-state index contributed by atoms with van der Waals surface area (Å²) in [5.74, 6) is -0.903. The molecule has 1 atom stereocenters. The molecule has 0 aromatic heterocycles. The Hall–Kier alpha value is -2.63. The Bertz CT molecular complexity index is 1060. The van der Waals surface area contributed by atoms with Crippen LogP contribution in [0.5, 0.6) is 0 Å². The third-order valence-corrected chi connectivity index (χ3v) is 11.1. The van der Waals surface area contributed by atoms with Crippen molar-refractivity contribution in [3.63, 3.8) is 0 Å². The molecular formula is C54H96O6. The zero-order valence-electron chi connectivity index (χ0n) is 39.7. The number of esters is 3. The summed E-state index contributed by atoms with van der Waals surface area (Å²) in [4.78, 5) is 37.9. The van der Waals surface area contributed by atoms with Crippen LogP contribution in [0.2, 0.25) is 0 Å². The van der Waals surface area contributed by atoms with Crippen molar-refractivity contribution in [3.05, 3.63) is 48.6 Å². The maximum atomic E-state index is 12.8. The minimum Gasteiger partial charge on any atom is -0.462 e. The highest BCUT2D eigenvalue weighted by Gasteiger charge is 2.19. The molecule has 0 fully saturated rings. The number of hydrogen-bond acceptors (Lipinski definition) is 6. The molecule has 1 unspecified atom stereocenters. The average Bonchev–Trinajstić information content (AvgIpc) is 3.24. The first-order valence-electron chi connectivity index (χ1n) is 25.6. The predicted molar refractivity (Wildman–Crippen MR) is 256 cm³/mol. The standard InChI is InChI=1S/C54H96O6/c1-4-7-10-13-16-19-22-24-26-27-28-30-32-35-38-41-44-47-53(56)59-50-51(49-58-52(55)46-43-40-37-34-31-21-18-15-12-9-6-3)60-54(57)48-45-42-39-36-33-29-25-23-20-17-14-11-8-5-2/h8,11,17,20,24-26,29,51H,4-7,9-10,12-16,18-19,21-23,27-28,30-50H2,1-3H3/b11-8-,20-17-,26-24-,29-25-. The molecule has 0 aliphatic carbocycles. The summed E-state index contributed by atoms with van der Waals surface area (Å²) < 4.78 is 16.8. The van der Waals surface area contributed by atoms with Gasteiger partial charge in [0.1, 0.15) is 13.2 Å². The van der Waals surface area contributed by atoms with E-state index in [1.807, 2.05) is 0 Å². The molecule has 0 aromatic carbocycles. The Morgan fingerprint density at radius 2 is 0.650 bits per heavy atom. The summed E-state index contributed by atoms with van der Waals surface area (Å²) in [6.45, 7) is 6.50. The minimum absolute atomic E-state index is 0.0816. The van der Waals surface area contributed by atoms with E-state index in [1.54, 1.807) is 0 Å². The van der Waals surface area contributed by atoms with Gasteiger partial charge in [0.2, 0.25) is 0 Å². The van der Waals surface area contributed by atoms with Crippen molar-refractivity contribution in [2.24, 2.45) is 0 Å². The lowest BCUT2D eigenvalue weighted by atomic mass is 10.1. The van der Waals surface area contributed by atoms with Gasteiger partial charge in [-0.2, -0.15) is 0 Å². The van der Waals surface area contributed by atoms with Crippen LogP contribution in [-0.4, -0.2) is 37.2 Å². The molecular weight excluding hydrogens is 745 g/mol. The van der Waals surface area contributed by atoms with Crippen LogP contribution in [0.3, 0.4) is 0 Å². The zero-order chi connectivity index (χ0) is 43.7. The Morgan fingerprint density at radius 3 is 1.03 bits per heavy atom. The molecule has 0 aliphatic rings. The fourth-order valence-electron chi connectivity index (χ4n) is 7.22. The van der Waals surface area contributed by atoms with E-state index in [2.05, 4.69) is 69.4 Å². The van der Waals surface area contributed by atoms with E-state index >= 15 is 0 Å². The molecule has 0 saturated heterocycles. The number of carbonyl (C=O) groups excluding carboxylic acids is 3. The highest BCUT2D eigenvalue weighted by Crippen LogP contribution is 2.15. The molecule has 60 heavy (non-hydrogen) atoms. The Kier molecular flexibility index (Phi) is 46.9. The normalized spacial score (nSPS) is 12.4. The monoisotopic (exact) mass is 841 g/mol. The summed E-state index contributed by atoms with van der Waals surface area (Å²) in [6, 6.07) is 0. The van der Waals surface area contributed by atoms with E-state index in [-0.39, 0.29) is 31.1 Å². The molecule has 0 spiro atoms. The van der Waals surface area contributed by atoms with Gasteiger partial charge in [-0.15, -0.1) is 0 Å². The van der Waals surface area contributed by atoms with Gasteiger partial charge < -0.3 is 14.2 Å². The maximum Gasteiger partial charge on any atom is 0.306 e. The quantitative estimate of drug-likeness (QED) is 0.0263. The van der Waals surface area contributed by atoms with Crippen molar-refractivity contribution in [2.45, 2.75) is 264 Å². The van der Waals surface area contributed by atoms with Crippen molar-refractivity contribution >= 4 is 17.9 Å². The largest absolute Gasteiger partial charge is 0.462 e. The van der Waals surface area contributed by atoms with E-state index < -0.39 is 6.10 Å². The second-order valence-corrected chi connectivity index (χ2v) is 17.1. The molecule has 0 rings (SSSR count). The van der Waals surface area contributed by atoms with Crippen molar-refractivity contribution in [1.82, 2.24) is 0 Å². The molecule has 0 N–H and O–H groups in total. The first-order chi connectivity index (χ1) is 29.5. The topological polar surface area (TPSA) is 78.9 Å². The molecule has 0 radical (unpaired) electrons. The fourth-order valence-corrected chi connectivity index (χ4v) is 7.22. The first-order valence-corrected chi connectivity index (χ1v) is 25.6. The van der Waals surface area contributed by atoms with Crippen LogP contribution in [-0.2, 0) is 28.6 Å². The molecule has 6 nitrogen and oxygen atoms in total. The van der Waals surface area contributed by atoms with Crippen molar-refractivity contribution in [2.75, 3.05) is 13.2 Å². The molecule has 0 aromatic rings. The van der Waals surface area contributed by atoms with Gasteiger partial charge in [-0.3, -0.25) is 14.4 Å². The van der Waals surface area contributed by atoms with Gasteiger partial charge >= 0.3 is 17.9 Å². The van der Waals surface area contributed by atoms with Crippen molar-refractivity contribution in [1.29, 1.82) is 0 Å². The Labute approximate surface area is 371 Å². The minimum atomic E-state index is -0.782. The second kappa shape index (κ2) is 49.0. The smallest absolute Gasteiger partial charge is 0.306 e. The summed E-state index contributed by atoms with van der Waals surface area (Å²) in [7, 11) is 0. The molecule has 0 amide bonds. The predicted octanol–water partition coefficient (Wildman–Crippen LogP) is 16.7. The van der Waals surface area contributed by atoms with E-state index in [0.717, 1.165) is 89.9 Å². The fraction of sp³-hybridized carbons (Fsp3) is 0.796. The highest BCUT2D eigenvalue weighted by molar-refractivity contribution is 5.71. The van der Waals surface area contributed by atoms with Crippen molar-refractivity contribution in [3.8, 4) is 0 Å². The number of rotatable bonds is 46. The summed E-state index contributed by atoms with van der Waals surface area (Å²) in [5, 5.41) is 0. The Balaban J connectivity index is 4.37. The maximum absolute atomic E-state index is 12.8. The van der Waals surface area contributed by atoms with Gasteiger partial charge in [0.25, 0.3) is 0 Å². The second-order valence-electron chi connectivity index (χ2n) is 17.1. The molecule has 0 aliphatic heterocycles. The lowest BCUT2D eigenvalue weighted by molar-refractivity contribution is -0.167. The van der Waals surface area contributed by atoms with Crippen molar-refractivity contribution < 1.29 is 28.6 Å². The van der Waals surface area contributed by atoms with Gasteiger partial charge in [-0.25, -0.2) is 0 Å². The number of ether oxygens (including phenoxy) is 3. The van der Waals surface area contributed by atoms with Crippen LogP contribution in [0.25, 0.3) is 0 Å². The molecule has 0 bridgehead atoms. The van der Waals surface area contributed by atoms with Crippen LogP contribution in [0, 0.1) is 0 Å². The molecule has 0 saturated carbocycles. The van der Waals surface area contributed by atoms with Crippen LogP contribution in [0.15, 0.2) is 48.6 Å². The van der Waals surface area contributed by atoms with E-state index in [4.69, 9.17) is 14.2 Å². The third-order valence-electron chi connectivity index (χ3n) is 11.1. The SMILES string of the molecule is CC/C=C\C/C=C\C/C=C\CCCCCCC(=O)OC(COC(=O)CCCCCCCCC/C=C\CCCCCCCC)COC(=O)CCCCCCCCCCCCC. The number of allylic oxidation sites excluding steroid dienone is 8. The Morgan fingerprint density at radius 1 is 0.350 bits per heavy atom. The summed E-state index contributed by atoms with van der Waals surface area (Å²) in [5.41, 5.74) is 0. The number of hydrogen-bond donors (Lipinski definition) is 0. The van der Waals surface area contributed by atoms with Gasteiger partial charge in [-0.05, 0) is 77.0 Å². The van der Waals surface area contributed by atoms with Crippen LogP contribution in [0.4, 0.5) is 0 Å². The molecule has 6 heteroatoms. The van der Waals surface area contributed by atoms with E-state index in [1.165, 1.54) is 128 Å². The summed E-state index contributed by atoms with van der Waals surface area (Å²) in [6.07, 6.45) is 58.1. The summed E-state index contributed by atoms with van der Waals surface area (Å²) >= 11 is 0. The van der Waals surface area contributed by atoms with Crippen LogP contribution >= 0.6 is 0 Å². The first kappa shape index (κ1) is 57.4. The zero-order valence-corrected chi connectivity index (χ0v) is 39.7. The van der Waals surface area contributed by atoms with E-state index in [0.29, 0.717) is 19.3 Å². The van der Waals surface area contributed by atoms with Gasteiger partial charge in [0.05, 0.1) is 0 Å². The molecule has 0 heterocycles. The number of carbonyl (C=O) groups is 3. The number of unbranched alkanes of at least 4 members (excludes halogenated alkanes) is 27. The molecule has 348 valence electrons. The third kappa shape index (κ3) is 46.4. The lowest BCUT2D eigenvalue weighted by Crippen LogP contribution is -2.30.